The van der Waals surface area contributed by atoms with Crippen LogP contribution in [0.5, 0.6) is 0 Å². The quantitative estimate of drug-likeness (QED) is 0.698. The van der Waals surface area contributed by atoms with Crippen LogP contribution in [-0.4, -0.2) is 48.2 Å². The topological polar surface area (TPSA) is 69.7 Å². The zero-order chi connectivity index (χ0) is 23.1. The van der Waals surface area contributed by atoms with Crippen molar-refractivity contribution in [1.29, 1.82) is 0 Å². The molecule has 3 amide bonds. The lowest BCUT2D eigenvalue weighted by Crippen LogP contribution is -2.47. The Morgan fingerprint density at radius 1 is 1.16 bits per heavy atom. The number of halogens is 3. The van der Waals surface area contributed by atoms with E-state index in [0.29, 0.717) is 24.5 Å². The molecule has 0 spiro atoms. The van der Waals surface area contributed by atoms with Gasteiger partial charge < -0.3 is 19.9 Å². The number of nitrogens with zero attached hydrogens (tertiary/aromatic N) is 2. The number of carbonyl (C=O) groups excluding carboxylic acids is 3. The van der Waals surface area contributed by atoms with Crippen LogP contribution in [0.15, 0.2) is 42.5 Å². The number of nitrogens with one attached hydrogen (secondary N) is 1. The molecule has 0 aromatic heterocycles. The average Bonchev–Trinajstić information content (AvgIpc) is 3.14. The first-order chi connectivity index (χ1) is 14.7. The van der Waals surface area contributed by atoms with Crippen molar-refractivity contribution in [2.24, 2.45) is 5.92 Å². The van der Waals surface area contributed by atoms with Gasteiger partial charge in [0.05, 0.1) is 5.69 Å². The van der Waals surface area contributed by atoms with Crippen LogP contribution in [0.2, 0.25) is 10.0 Å². The van der Waals surface area contributed by atoms with Gasteiger partial charge in [-0.25, -0.2) is 9.18 Å². The van der Waals surface area contributed by atoms with E-state index < -0.39 is 17.9 Å². The third-order valence-corrected chi connectivity index (χ3v) is 5.43. The maximum absolute atomic E-state index is 14.0. The molecule has 9 heteroatoms. The van der Waals surface area contributed by atoms with Gasteiger partial charge in [-0.05, 0) is 48.2 Å². The smallest absolute Gasteiger partial charge is 0.322 e. The second-order valence-corrected chi connectivity index (χ2v) is 8.26. The summed E-state index contributed by atoms with van der Waals surface area (Å²) in [5, 5.41) is 3.42. The van der Waals surface area contributed by atoms with Crippen LogP contribution in [0.1, 0.15) is 18.9 Å². The van der Waals surface area contributed by atoms with Crippen molar-refractivity contribution in [2.75, 3.05) is 18.9 Å². The van der Waals surface area contributed by atoms with E-state index in [1.807, 2.05) is 25.8 Å². The molecular weight excluding hydrogens is 444 g/mol. The summed E-state index contributed by atoms with van der Waals surface area (Å²) in [5.74, 6) is -0.620. The van der Waals surface area contributed by atoms with Crippen LogP contribution >= 0.6 is 23.2 Å². The van der Waals surface area contributed by atoms with E-state index >= 15 is 0 Å². The van der Waals surface area contributed by atoms with Gasteiger partial charge in [0, 0.05) is 30.2 Å². The largest absolute Gasteiger partial charge is 0.340 e. The first kappa shape index (κ1) is 24.6. The number of likely N-dealkylation sites (tertiary alicyclic amines) is 1. The number of carbonyl (C=O) groups is 3. The Balaban J connectivity index is 0.00000166. The predicted molar refractivity (Wildman–Crippen MR) is 120 cm³/mol. The second-order valence-electron chi connectivity index (χ2n) is 7.38. The van der Waals surface area contributed by atoms with Gasteiger partial charge in [0.2, 0.25) is 5.91 Å². The molecule has 2 aromatic rings. The van der Waals surface area contributed by atoms with Crippen LogP contribution < -0.4 is 5.32 Å². The standard InChI is InChI=1S/C21H22Cl2FN3O2.CH2O/c1-13-9-19(20(28)26(2)12-14-3-5-15(22)6-4-14)27(11-13)21(29)25-18-8-7-16(23)10-17(18)24;1-2/h3-8,10,13,19H,9,11-12H2,1-2H3,(H,25,29);1H2/t13-,19+;/m0./s1. The third-order valence-electron chi connectivity index (χ3n) is 4.94. The molecule has 0 radical (unpaired) electrons. The molecular formula is C22H24Cl2FN3O3. The van der Waals surface area contributed by atoms with E-state index in [2.05, 4.69) is 5.32 Å². The molecule has 31 heavy (non-hydrogen) atoms. The molecule has 1 heterocycles. The van der Waals surface area contributed by atoms with Gasteiger partial charge in [0.1, 0.15) is 18.6 Å². The van der Waals surface area contributed by atoms with E-state index in [4.69, 9.17) is 28.0 Å². The highest BCUT2D eigenvalue weighted by atomic mass is 35.5. The lowest BCUT2D eigenvalue weighted by molar-refractivity contribution is -0.134. The van der Waals surface area contributed by atoms with Crippen LogP contribution in [-0.2, 0) is 16.1 Å². The third kappa shape index (κ3) is 6.42. The van der Waals surface area contributed by atoms with Crippen LogP contribution in [0.4, 0.5) is 14.9 Å². The summed E-state index contributed by atoms with van der Waals surface area (Å²) in [5.41, 5.74) is 0.968. The van der Waals surface area contributed by atoms with Crippen LogP contribution in [0.3, 0.4) is 0 Å². The number of anilines is 1. The van der Waals surface area contributed by atoms with Crippen molar-refractivity contribution in [3.8, 4) is 0 Å². The maximum Gasteiger partial charge on any atom is 0.322 e. The van der Waals surface area contributed by atoms with Gasteiger partial charge in [-0.3, -0.25) is 4.79 Å². The number of rotatable bonds is 4. The number of hydrogen-bond donors (Lipinski definition) is 1. The molecule has 6 nitrogen and oxygen atoms in total. The summed E-state index contributed by atoms with van der Waals surface area (Å²) < 4.78 is 14.0. The minimum Gasteiger partial charge on any atom is -0.340 e. The van der Waals surface area contributed by atoms with Gasteiger partial charge in [-0.2, -0.15) is 0 Å². The Labute approximate surface area is 190 Å². The summed E-state index contributed by atoms with van der Waals surface area (Å²) >= 11 is 11.7. The molecule has 1 N–H and O–H groups in total. The van der Waals surface area contributed by atoms with Crippen LogP contribution in [0.25, 0.3) is 0 Å². The van der Waals surface area contributed by atoms with Gasteiger partial charge in [-0.1, -0.05) is 42.3 Å². The van der Waals surface area contributed by atoms with Crippen molar-refractivity contribution in [2.45, 2.75) is 25.9 Å². The van der Waals surface area contributed by atoms with Gasteiger partial charge in [0.25, 0.3) is 0 Å². The zero-order valence-electron chi connectivity index (χ0n) is 17.3. The summed E-state index contributed by atoms with van der Waals surface area (Å²) in [6.07, 6.45) is 0.556. The Hall–Kier alpha value is -2.64. The van der Waals surface area contributed by atoms with Crippen molar-refractivity contribution >= 4 is 47.6 Å². The Morgan fingerprint density at radius 3 is 2.39 bits per heavy atom. The molecule has 1 aliphatic rings. The molecule has 1 saturated heterocycles. The molecule has 0 saturated carbocycles. The Morgan fingerprint density at radius 2 is 1.77 bits per heavy atom. The van der Waals surface area contributed by atoms with Crippen LogP contribution in [0, 0.1) is 11.7 Å². The summed E-state index contributed by atoms with van der Waals surface area (Å²) in [6, 6.07) is 10.2. The summed E-state index contributed by atoms with van der Waals surface area (Å²) in [6.45, 7) is 4.81. The van der Waals surface area contributed by atoms with Crippen molar-refractivity contribution in [3.05, 3.63) is 63.9 Å². The SMILES string of the molecule is C=O.C[C@H]1C[C@H](C(=O)N(C)Cc2ccc(Cl)cc2)N(C(=O)Nc2ccc(Cl)cc2F)C1. The van der Waals surface area contributed by atoms with E-state index in [1.165, 1.54) is 17.0 Å². The minimum absolute atomic E-state index is 0.0275. The van der Waals surface area contributed by atoms with E-state index in [0.717, 1.165) is 11.6 Å². The first-order valence-electron chi connectivity index (χ1n) is 9.55. The fourth-order valence-corrected chi connectivity index (χ4v) is 3.76. The number of amides is 3. The summed E-state index contributed by atoms with van der Waals surface area (Å²) in [7, 11) is 1.70. The Kier molecular flexibility index (Phi) is 8.83. The van der Waals surface area contributed by atoms with Gasteiger partial charge in [-0.15, -0.1) is 0 Å². The van der Waals surface area contributed by atoms with E-state index in [-0.39, 0.29) is 22.5 Å². The van der Waals surface area contributed by atoms with E-state index in [9.17, 15) is 14.0 Å². The number of benzene rings is 2. The van der Waals surface area contributed by atoms with Crippen molar-refractivity contribution < 1.29 is 18.8 Å². The fourth-order valence-electron chi connectivity index (χ4n) is 3.48. The highest BCUT2D eigenvalue weighted by molar-refractivity contribution is 6.30. The normalized spacial score (nSPS) is 17.5. The lowest BCUT2D eigenvalue weighted by Gasteiger charge is -2.28. The monoisotopic (exact) mass is 467 g/mol. The summed E-state index contributed by atoms with van der Waals surface area (Å²) in [4.78, 5) is 36.9. The molecule has 1 aliphatic heterocycles. The average molecular weight is 468 g/mol. The molecule has 3 rings (SSSR count). The molecule has 0 unspecified atom stereocenters. The van der Waals surface area contributed by atoms with Crippen molar-refractivity contribution in [1.82, 2.24) is 9.80 Å². The number of likely N-dealkylation sites (N-methyl/N-ethyl adjacent to an activating group) is 1. The van der Waals surface area contributed by atoms with Gasteiger partial charge in [0.15, 0.2) is 0 Å². The number of hydrogen-bond acceptors (Lipinski definition) is 3. The highest BCUT2D eigenvalue weighted by Crippen LogP contribution is 2.27. The minimum atomic E-state index is -0.624. The number of urea groups is 1. The van der Waals surface area contributed by atoms with Crippen molar-refractivity contribution in [3.63, 3.8) is 0 Å². The van der Waals surface area contributed by atoms with Gasteiger partial charge >= 0.3 is 6.03 Å². The molecule has 2 atom stereocenters. The Bertz CT molecular complexity index is 927. The van der Waals surface area contributed by atoms with E-state index in [1.54, 1.807) is 24.1 Å². The highest BCUT2D eigenvalue weighted by Gasteiger charge is 2.39. The molecule has 2 aromatic carbocycles. The molecule has 1 fully saturated rings. The molecule has 0 aliphatic carbocycles. The molecule has 166 valence electrons. The fraction of sp³-hybridized carbons (Fsp3) is 0.318. The molecule has 0 bridgehead atoms. The first-order valence-corrected chi connectivity index (χ1v) is 10.3. The lowest BCUT2D eigenvalue weighted by atomic mass is 10.1. The maximum atomic E-state index is 14.0. The predicted octanol–water partition coefficient (Wildman–Crippen LogP) is 4.85. The zero-order valence-corrected chi connectivity index (χ0v) is 18.8. The second kappa shape index (κ2) is 11.1.